The quantitative estimate of drug-likeness (QED) is 0.638. The third-order valence-corrected chi connectivity index (χ3v) is 5.29. The van der Waals surface area contributed by atoms with E-state index in [0.717, 1.165) is 14.9 Å². The van der Waals surface area contributed by atoms with E-state index >= 15 is 0 Å². The molecule has 110 valence electrons. The molecule has 1 aliphatic rings. The van der Waals surface area contributed by atoms with E-state index in [-0.39, 0.29) is 0 Å². The zero-order valence-electron chi connectivity index (χ0n) is 12.0. The molecule has 3 rings (SSSR count). The number of nitrogens with one attached hydrogen (secondary N) is 1. The van der Waals surface area contributed by atoms with Crippen LogP contribution in [0.2, 0.25) is 0 Å². The number of rotatable bonds is 5. The summed E-state index contributed by atoms with van der Waals surface area (Å²) >= 11 is 7.19. The van der Waals surface area contributed by atoms with Gasteiger partial charge in [-0.05, 0) is 48.9 Å². The summed E-state index contributed by atoms with van der Waals surface area (Å²) in [6.07, 6.45) is 2.67. The number of hydrogen-bond donors (Lipinski definition) is 1. The Morgan fingerprint density at radius 1 is 1.05 bits per heavy atom. The van der Waals surface area contributed by atoms with Gasteiger partial charge < -0.3 is 5.32 Å². The van der Waals surface area contributed by atoms with Crippen LogP contribution in [-0.2, 0) is 0 Å². The summed E-state index contributed by atoms with van der Waals surface area (Å²) in [6.45, 7) is 2.24. The molecular formula is C18H19Br2N. The molecule has 1 fully saturated rings. The van der Waals surface area contributed by atoms with E-state index in [9.17, 15) is 0 Å². The first-order valence-electron chi connectivity index (χ1n) is 7.41. The third-order valence-electron chi connectivity index (χ3n) is 4.11. The van der Waals surface area contributed by atoms with E-state index < -0.39 is 0 Å². The van der Waals surface area contributed by atoms with Crippen LogP contribution in [0, 0.1) is 5.92 Å². The van der Waals surface area contributed by atoms with E-state index in [0.29, 0.717) is 12.1 Å². The second-order valence-corrected chi connectivity index (χ2v) is 7.55. The Morgan fingerprint density at radius 3 is 2.38 bits per heavy atom. The van der Waals surface area contributed by atoms with Crippen LogP contribution in [0.1, 0.15) is 43.0 Å². The van der Waals surface area contributed by atoms with Crippen LogP contribution in [0.4, 0.5) is 0 Å². The van der Waals surface area contributed by atoms with Crippen molar-refractivity contribution < 1.29 is 0 Å². The Bertz CT molecular complexity index is 608. The summed E-state index contributed by atoms with van der Waals surface area (Å²) in [5.41, 5.74) is 2.71. The molecule has 1 nitrogen and oxygen atoms in total. The van der Waals surface area contributed by atoms with Crippen molar-refractivity contribution in [2.24, 2.45) is 5.92 Å². The number of benzene rings is 2. The highest BCUT2D eigenvalue weighted by Gasteiger charge is 2.33. The predicted molar refractivity (Wildman–Crippen MR) is 95.3 cm³/mol. The fraction of sp³-hybridized carbons (Fsp3) is 0.333. The van der Waals surface area contributed by atoms with Crippen LogP contribution >= 0.6 is 31.9 Å². The molecule has 3 heteroatoms. The Hall–Kier alpha value is -0.640. The molecular weight excluding hydrogens is 390 g/mol. The predicted octanol–water partition coefficient (Wildman–Crippen LogP) is 6.01. The van der Waals surface area contributed by atoms with Gasteiger partial charge in [0, 0.05) is 21.0 Å². The van der Waals surface area contributed by atoms with Gasteiger partial charge in [-0.1, -0.05) is 68.3 Å². The standard InChI is InChI=1S/C18H19Br2N/c1-12(16-10-9-15(19)11-17(16)20)21-18(14-7-8-14)13-5-3-2-4-6-13/h2-6,9-12,14,18,21H,7-8H2,1H3. The molecule has 0 saturated heterocycles. The minimum absolute atomic E-state index is 0.318. The van der Waals surface area contributed by atoms with Crippen molar-refractivity contribution in [3.63, 3.8) is 0 Å². The lowest BCUT2D eigenvalue weighted by Gasteiger charge is -2.25. The zero-order chi connectivity index (χ0) is 14.8. The van der Waals surface area contributed by atoms with Gasteiger partial charge in [-0.3, -0.25) is 0 Å². The van der Waals surface area contributed by atoms with Crippen LogP contribution in [0.25, 0.3) is 0 Å². The molecule has 0 radical (unpaired) electrons. The van der Waals surface area contributed by atoms with Gasteiger partial charge in [0.1, 0.15) is 0 Å². The SMILES string of the molecule is CC(NC(c1ccccc1)C1CC1)c1ccc(Br)cc1Br. The fourth-order valence-corrected chi connectivity index (χ4v) is 4.20. The van der Waals surface area contributed by atoms with Gasteiger partial charge in [0.15, 0.2) is 0 Å². The van der Waals surface area contributed by atoms with Crippen LogP contribution < -0.4 is 5.32 Å². The maximum Gasteiger partial charge on any atom is 0.0353 e. The molecule has 0 bridgehead atoms. The second kappa shape index (κ2) is 6.64. The summed E-state index contributed by atoms with van der Waals surface area (Å²) in [4.78, 5) is 0. The zero-order valence-corrected chi connectivity index (χ0v) is 15.2. The summed E-state index contributed by atoms with van der Waals surface area (Å²) in [7, 11) is 0. The Balaban J connectivity index is 1.79. The minimum Gasteiger partial charge on any atom is -0.303 e. The van der Waals surface area contributed by atoms with E-state index in [1.165, 1.54) is 24.0 Å². The van der Waals surface area contributed by atoms with Crippen molar-refractivity contribution in [2.45, 2.75) is 31.8 Å². The normalized spacial score (nSPS) is 17.5. The first-order valence-corrected chi connectivity index (χ1v) is 8.99. The largest absolute Gasteiger partial charge is 0.303 e. The van der Waals surface area contributed by atoms with Crippen molar-refractivity contribution >= 4 is 31.9 Å². The second-order valence-electron chi connectivity index (χ2n) is 5.78. The van der Waals surface area contributed by atoms with Gasteiger partial charge in [0.05, 0.1) is 0 Å². The maximum absolute atomic E-state index is 3.83. The highest BCUT2D eigenvalue weighted by atomic mass is 79.9. The van der Waals surface area contributed by atoms with Gasteiger partial charge in [0.2, 0.25) is 0 Å². The van der Waals surface area contributed by atoms with Crippen molar-refractivity contribution in [3.05, 3.63) is 68.6 Å². The average Bonchev–Trinajstić information content (AvgIpc) is 3.30. The molecule has 2 unspecified atom stereocenters. The van der Waals surface area contributed by atoms with E-state index in [4.69, 9.17) is 0 Å². The molecule has 21 heavy (non-hydrogen) atoms. The maximum atomic E-state index is 3.83. The van der Waals surface area contributed by atoms with Crippen LogP contribution in [0.5, 0.6) is 0 Å². The average molecular weight is 409 g/mol. The highest BCUT2D eigenvalue weighted by molar-refractivity contribution is 9.11. The Morgan fingerprint density at radius 2 is 1.76 bits per heavy atom. The molecule has 0 aromatic heterocycles. The summed E-state index contributed by atoms with van der Waals surface area (Å²) in [5, 5.41) is 3.83. The van der Waals surface area contributed by atoms with E-state index in [1.54, 1.807) is 0 Å². The summed E-state index contributed by atoms with van der Waals surface area (Å²) in [5.74, 6) is 0.782. The molecule has 2 aromatic rings. The lowest BCUT2D eigenvalue weighted by atomic mass is 9.99. The summed E-state index contributed by atoms with van der Waals surface area (Å²) < 4.78 is 2.26. The van der Waals surface area contributed by atoms with Crippen molar-refractivity contribution in [1.29, 1.82) is 0 Å². The van der Waals surface area contributed by atoms with Gasteiger partial charge in [-0.2, -0.15) is 0 Å². The summed E-state index contributed by atoms with van der Waals surface area (Å²) in [6, 6.07) is 18.0. The first kappa shape index (κ1) is 15.3. The molecule has 2 aromatic carbocycles. The van der Waals surface area contributed by atoms with Crippen molar-refractivity contribution in [2.75, 3.05) is 0 Å². The molecule has 0 amide bonds. The minimum atomic E-state index is 0.318. The van der Waals surface area contributed by atoms with Gasteiger partial charge in [-0.25, -0.2) is 0 Å². The molecule has 2 atom stereocenters. The van der Waals surface area contributed by atoms with Crippen molar-refractivity contribution in [3.8, 4) is 0 Å². The van der Waals surface area contributed by atoms with Crippen molar-refractivity contribution in [1.82, 2.24) is 5.32 Å². The van der Waals surface area contributed by atoms with Gasteiger partial charge >= 0.3 is 0 Å². The third kappa shape index (κ3) is 3.77. The van der Waals surface area contributed by atoms with E-state index in [2.05, 4.69) is 92.6 Å². The molecule has 0 heterocycles. The van der Waals surface area contributed by atoms with Crippen LogP contribution in [0.3, 0.4) is 0 Å². The van der Waals surface area contributed by atoms with Crippen LogP contribution in [0.15, 0.2) is 57.5 Å². The first-order chi connectivity index (χ1) is 10.1. The van der Waals surface area contributed by atoms with Crippen LogP contribution in [-0.4, -0.2) is 0 Å². The smallest absolute Gasteiger partial charge is 0.0353 e. The molecule has 1 N–H and O–H groups in total. The Labute approximate surface area is 143 Å². The monoisotopic (exact) mass is 407 g/mol. The van der Waals surface area contributed by atoms with Gasteiger partial charge in [0.25, 0.3) is 0 Å². The molecule has 0 spiro atoms. The highest BCUT2D eigenvalue weighted by Crippen LogP contribution is 2.42. The lowest BCUT2D eigenvalue weighted by molar-refractivity contribution is 0.426. The Kier molecular flexibility index (Phi) is 4.82. The van der Waals surface area contributed by atoms with E-state index in [1.807, 2.05) is 0 Å². The molecule has 1 saturated carbocycles. The fourth-order valence-electron chi connectivity index (χ4n) is 2.81. The molecule has 0 aliphatic heterocycles. The number of hydrogen-bond acceptors (Lipinski definition) is 1. The molecule has 1 aliphatic carbocycles. The number of halogens is 2. The topological polar surface area (TPSA) is 12.0 Å². The lowest BCUT2D eigenvalue weighted by Crippen LogP contribution is -2.26. The van der Waals surface area contributed by atoms with Gasteiger partial charge in [-0.15, -0.1) is 0 Å².